The second kappa shape index (κ2) is 8.98. The lowest BCUT2D eigenvalue weighted by atomic mass is 10.2. The number of alkyl halides is 3. The number of benzene rings is 2. The Kier molecular flexibility index (Phi) is 6.71. The molecule has 0 saturated carbocycles. The molecule has 2 aromatic rings. The smallest absolute Gasteiger partial charge is 0.422 e. The van der Waals surface area contributed by atoms with Gasteiger partial charge in [-0.3, -0.25) is 0 Å². The number of hydrogen-bond acceptors (Lipinski definition) is 3. The molecular formula is C18H19F3N2O3. The van der Waals surface area contributed by atoms with Gasteiger partial charge in [-0.25, -0.2) is 4.79 Å². The summed E-state index contributed by atoms with van der Waals surface area (Å²) in [6.45, 7) is -0.756. The summed E-state index contributed by atoms with van der Waals surface area (Å²) in [5, 5.41) is 5.38. The molecule has 8 heteroatoms. The molecular weight excluding hydrogens is 349 g/mol. The summed E-state index contributed by atoms with van der Waals surface area (Å²) in [6.07, 6.45) is -4.37. The van der Waals surface area contributed by atoms with Crippen LogP contribution >= 0.6 is 0 Å². The Bertz CT molecular complexity index is 718. The Balaban J connectivity index is 1.74. The van der Waals surface area contributed by atoms with E-state index in [1.807, 2.05) is 24.3 Å². The van der Waals surface area contributed by atoms with Crippen LogP contribution < -0.4 is 20.1 Å². The van der Waals surface area contributed by atoms with Crippen molar-refractivity contribution in [2.45, 2.75) is 19.3 Å². The van der Waals surface area contributed by atoms with Crippen LogP contribution in [0.2, 0.25) is 0 Å². The average molecular weight is 368 g/mol. The number of nitrogens with one attached hydrogen (secondary N) is 2. The molecule has 2 N–H and O–H groups in total. The van der Waals surface area contributed by atoms with Crippen molar-refractivity contribution >= 4 is 6.03 Å². The Hall–Kier alpha value is -2.90. The molecule has 26 heavy (non-hydrogen) atoms. The van der Waals surface area contributed by atoms with Gasteiger partial charge in [0, 0.05) is 13.1 Å². The summed E-state index contributed by atoms with van der Waals surface area (Å²) in [5.41, 5.74) is 1.63. The first-order valence-electron chi connectivity index (χ1n) is 7.79. The average Bonchev–Trinajstić information content (AvgIpc) is 2.63. The van der Waals surface area contributed by atoms with Gasteiger partial charge in [0.2, 0.25) is 0 Å². The minimum atomic E-state index is -4.37. The summed E-state index contributed by atoms with van der Waals surface area (Å²) in [5.74, 6) is 0.825. The van der Waals surface area contributed by atoms with E-state index >= 15 is 0 Å². The molecule has 0 aliphatic heterocycles. The summed E-state index contributed by atoms with van der Waals surface area (Å²) in [6, 6.07) is 13.0. The van der Waals surface area contributed by atoms with Gasteiger partial charge < -0.3 is 20.1 Å². The van der Waals surface area contributed by atoms with Gasteiger partial charge in [-0.15, -0.1) is 0 Å². The van der Waals surface area contributed by atoms with E-state index in [1.54, 1.807) is 19.2 Å². The fourth-order valence-corrected chi connectivity index (χ4v) is 2.08. The molecule has 0 atom stereocenters. The number of methoxy groups -OCH3 is 1. The highest BCUT2D eigenvalue weighted by molar-refractivity contribution is 5.73. The summed E-state index contributed by atoms with van der Waals surface area (Å²) >= 11 is 0. The largest absolute Gasteiger partial charge is 0.497 e. The highest BCUT2D eigenvalue weighted by atomic mass is 19.4. The van der Waals surface area contributed by atoms with Crippen LogP contribution in [-0.2, 0) is 13.1 Å². The molecule has 0 fully saturated rings. The van der Waals surface area contributed by atoms with Crippen molar-refractivity contribution in [1.82, 2.24) is 10.6 Å². The van der Waals surface area contributed by atoms with Crippen LogP contribution in [0.15, 0.2) is 48.5 Å². The van der Waals surface area contributed by atoms with E-state index in [2.05, 4.69) is 15.4 Å². The van der Waals surface area contributed by atoms with Crippen molar-refractivity contribution < 1.29 is 27.4 Å². The zero-order valence-corrected chi connectivity index (χ0v) is 14.1. The third-order valence-corrected chi connectivity index (χ3v) is 3.37. The van der Waals surface area contributed by atoms with E-state index in [0.29, 0.717) is 12.3 Å². The van der Waals surface area contributed by atoms with Gasteiger partial charge in [-0.2, -0.15) is 13.2 Å². The van der Waals surface area contributed by atoms with Crippen molar-refractivity contribution in [3.63, 3.8) is 0 Å². The maximum atomic E-state index is 12.1. The fourth-order valence-electron chi connectivity index (χ4n) is 2.08. The Labute approximate surface area is 149 Å². The number of rotatable bonds is 7. The zero-order chi connectivity index (χ0) is 19.0. The molecule has 0 saturated heterocycles. The monoisotopic (exact) mass is 368 g/mol. The first-order valence-corrected chi connectivity index (χ1v) is 7.79. The Morgan fingerprint density at radius 1 is 0.962 bits per heavy atom. The van der Waals surface area contributed by atoms with E-state index in [1.165, 1.54) is 12.1 Å². The number of carbonyl (C=O) groups excluding carboxylic acids is 1. The molecule has 2 rings (SSSR count). The van der Waals surface area contributed by atoms with Crippen molar-refractivity contribution in [3.05, 3.63) is 59.7 Å². The molecule has 2 amide bonds. The number of hydrogen-bond donors (Lipinski definition) is 2. The number of amides is 2. The molecule has 0 aliphatic rings. The number of urea groups is 1. The first-order chi connectivity index (χ1) is 12.4. The Morgan fingerprint density at radius 2 is 1.62 bits per heavy atom. The van der Waals surface area contributed by atoms with E-state index in [0.717, 1.165) is 11.1 Å². The molecule has 0 unspecified atom stereocenters. The zero-order valence-electron chi connectivity index (χ0n) is 14.1. The van der Waals surface area contributed by atoms with Gasteiger partial charge in [0.15, 0.2) is 6.61 Å². The molecule has 140 valence electrons. The number of carbonyl (C=O) groups is 1. The quantitative estimate of drug-likeness (QED) is 0.785. The fraction of sp³-hybridized carbons (Fsp3) is 0.278. The molecule has 2 aromatic carbocycles. The minimum absolute atomic E-state index is 0.119. The maximum absolute atomic E-state index is 12.1. The summed E-state index contributed by atoms with van der Waals surface area (Å²) < 4.78 is 46.0. The van der Waals surface area contributed by atoms with Gasteiger partial charge >= 0.3 is 12.2 Å². The van der Waals surface area contributed by atoms with E-state index < -0.39 is 12.8 Å². The van der Waals surface area contributed by atoms with Gasteiger partial charge in [0.1, 0.15) is 11.5 Å². The highest BCUT2D eigenvalue weighted by Gasteiger charge is 2.28. The predicted octanol–water partition coefficient (Wildman–Crippen LogP) is 3.64. The Morgan fingerprint density at radius 3 is 2.23 bits per heavy atom. The lowest BCUT2D eigenvalue weighted by molar-refractivity contribution is -0.153. The molecule has 0 radical (unpaired) electrons. The van der Waals surface area contributed by atoms with Gasteiger partial charge in [-0.1, -0.05) is 24.3 Å². The lowest BCUT2D eigenvalue weighted by Crippen LogP contribution is -2.34. The second-order valence-corrected chi connectivity index (χ2v) is 5.44. The van der Waals surface area contributed by atoms with Crippen molar-refractivity contribution in [3.8, 4) is 11.5 Å². The van der Waals surface area contributed by atoms with Crippen LogP contribution in [0, 0.1) is 0 Å². The highest BCUT2D eigenvalue weighted by Crippen LogP contribution is 2.18. The van der Waals surface area contributed by atoms with Gasteiger partial charge in [0.05, 0.1) is 7.11 Å². The number of halogens is 3. The SMILES string of the molecule is COc1cccc(CNC(=O)NCc2ccc(OCC(F)(F)F)cc2)c1. The second-order valence-electron chi connectivity index (χ2n) is 5.44. The molecule has 0 bridgehead atoms. The molecule has 0 aliphatic carbocycles. The first kappa shape index (κ1) is 19.4. The topological polar surface area (TPSA) is 59.6 Å². The molecule has 5 nitrogen and oxygen atoms in total. The van der Waals surface area contributed by atoms with Crippen LogP contribution in [0.4, 0.5) is 18.0 Å². The van der Waals surface area contributed by atoms with Crippen LogP contribution in [0.1, 0.15) is 11.1 Å². The van der Waals surface area contributed by atoms with E-state index in [9.17, 15) is 18.0 Å². The predicted molar refractivity (Wildman–Crippen MR) is 90.1 cm³/mol. The summed E-state index contributed by atoms with van der Waals surface area (Å²) in [7, 11) is 1.57. The number of ether oxygens (including phenoxy) is 2. The molecule has 0 aromatic heterocycles. The van der Waals surface area contributed by atoms with E-state index in [4.69, 9.17) is 4.74 Å². The molecule has 0 heterocycles. The maximum Gasteiger partial charge on any atom is 0.422 e. The minimum Gasteiger partial charge on any atom is -0.497 e. The van der Waals surface area contributed by atoms with Crippen LogP contribution in [0.5, 0.6) is 11.5 Å². The normalized spacial score (nSPS) is 10.9. The van der Waals surface area contributed by atoms with E-state index in [-0.39, 0.29) is 18.3 Å². The summed E-state index contributed by atoms with van der Waals surface area (Å²) in [4.78, 5) is 11.8. The lowest BCUT2D eigenvalue weighted by Gasteiger charge is -2.11. The standard InChI is InChI=1S/C18H19F3N2O3/c1-25-16-4-2-3-14(9-16)11-23-17(24)22-10-13-5-7-15(8-6-13)26-12-18(19,20)21/h2-9H,10-12H2,1H3,(H2,22,23,24). The third kappa shape index (κ3) is 6.92. The van der Waals surface area contributed by atoms with Crippen molar-refractivity contribution in [2.75, 3.05) is 13.7 Å². The van der Waals surface area contributed by atoms with Crippen LogP contribution in [0.25, 0.3) is 0 Å². The van der Waals surface area contributed by atoms with Crippen molar-refractivity contribution in [1.29, 1.82) is 0 Å². The van der Waals surface area contributed by atoms with Crippen LogP contribution in [-0.4, -0.2) is 25.9 Å². The third-order valence-electron chi connectivity index (χ3n) is 3.37. The van der Waals surface area contributed by atoms with Crippen LogP contribution in [0.3, 0.4) is 0 Å². The van der Waals surface area contributed by atoms with Crippen molar-refractivity contribution in [2.24, 2.45) is 0 Å². The van der Waals surface area contributed by atoms with Gasteiger partial charge in [0.25, 0.3) is 0 Å². The molecule has 0 spiro atoms. The van der Waals surface area contributed by atoms with Gasteiger partial charge in [-0.05, 0) is 35.4 Å².